The van der Waals surface area contributed by atoms with Crippen molar-refractivity contribution in [3.05, 3.63) is 17.1 Å². The molecular formula is C14H20N4. The van der Waals surface area contributed by atoms with Crippen molar-refractivity contribution in [2.45, 2.75) is 46.6 Å². The van der Waals surface area contributed by atoms with Crippen LogP contribution in [0, 0.1) is 19.8 Å². The van der Waals surface area contributed by atoms with Gasteiger partial charge in [-0.2, -0.15) is 0 Å². The molecular weight excluding hydrogens is 224 g/mol. The van der Waals surface area contributed by atoms with Crippen molar-refractivity contribution in [2.24, 2.45) is 5.92 Å². The van der Waals surface area contributed by atoms with Gasteiger partial charge in [0.2, 0.25) is 0 Å². The van der Waals surface area contributed by atoms with Gasteiger partial charge in [0.15, 0.2) is 5.82 Å². The topological polar surface area (TPSA) is 56.7 Å². The molecule has 3 heterocycles. The fourth-order valence-electron chi connectivity index (χ4n) is 3.24. The minimum Gasteiger partial charge on any atom is -0.382 e. The second-order valence-corrected chi connectivity index (χ2v) is 5.64. The van der Waals surface area contributed by atoms with E-state index in [9.17, 15) is 0 Å². The van der Waals surface area contributed by atoms with E-state index in [0.29, 0.717) is 17.8 Å². The second-order valence-electron chi connectivity index (χ2n) is 5.64. The number of aryl methyl sites for hydroxylation is 3. The number of nitrogens with two attached hydrogens (primary N) is 1. The van der Waals surface area contributed by atoms with Crippen LogP contribution in [0.15, 0.2) is 0 Å². The van der Waals surface area contributed by atoms with Gasteiger partial charge in [0.05, 0.1) is 5.52 Å². The Morgan fingerprint density at radius 3 is 2.67 bits per heavy atom. The molecule has 2 aromatic rings. The number of anilines is 1. The van der Waals surface area contributed by atoms with Gasteiger partial charge in [-0.15, -0.1) is 0 Å². The third kappa shape index (κ3) is 1.38. The number of rotatable bonds is 1. The van der Waals surface area contributed by atoms with Gasteiger partial charge in [0.25, 0.3) is 0 Å². The molecule has 3 rings (SSSR count). The van der Waals surface area contributed by atoms with Crippen molar-refractivity contribution >= 4 is 16.9 Å². The van der Waals surface area contributed by atoms with E-state index in [2.05, 4.69) is 35.3 Å². The number of nitrogens with zero attached hydrogens (tertiary/aromatic N) is 3. The Balaban J connectivity index is 2.41. The summed E-state index contributed by atoms with van der Waals surface area (Å²) in [7, 11) is 0. The Kier molecular flexibility index (Phi) is 2.37. The molecule has 2 N–H and O–H groups in total. The average Bonchev–Trinajstić information content (AvgIpc) is 2.65. The van der Waals surface area contributed by atoms with Gasteiger partial charge in [-0.05, 0) is 38.2 Å². The molecule has 0 radical (unpaired) electrons. The summed E-state index contributed by atoms with van der Waals surface area (Å²) >= 11 is 0. The Morgan fingerprint density at radius 2 is 2.00 bits per heavy atom. The first-order chi connectivity index (χ1) is 8.50. The Bertz CT molecular complexity index is 624. The van der Waals surface area contributed by atoms with Crippen LogP contribution < -0.4 is 5.73 Å². The van der Waals surface area contributed by atoms with E-state index in [1.165, 1.54) is 17.5 Å². The molecule has 4 heteroatoms. The van der Waals surface area contributed by atoms with Gasteiger partial charge >= 0.3 is 0 Å². The number of nitrogen functional groups attached to an aromatic ring is 1. The molecule has 0 amide bonds. The summed E-state index contributed by atoms with van der Waals surface area (Å²) in [5.74, 6) is 2.24. The summed E-state index contributed by atoms with van der Waals surface area (Å²) in [6.45, 7) is 8.67. The van der Waals surface area contributed by atoms with Crippen LogP contribution in [0.3, 0.4) is 0 Å². The predicted octanol–water partition coefficient (Wildman–Crippen LogP) is 2.77. The minimum atomic E-state index is 0.531. The van der Waals surface area contributed by atoms with E-state index in [4.69, 9.17) is 5.73 Å². The molecule has 1 aliphatic heterocycles. The highest BCUT2D eigenvalue weighted by Gasteiger charge is 2.28. The maximum absolute atomic E-state index is 6.02. The summed E-state index contributed by atoms with van der Waals surface area (Å²) in [5.41, 5.74) is 10.5. The normalized spacial score (nSPS) is 18.8. The second kappa shape index (κ2) is 3.70. The van der Waals surface area contributed by atoms with Crippen molar-refractivity contribution < 1.29 is 0 Å². The van der Waals surface area contributed by atoms with E-state index < -0.39 is 0 Å². The Labute approximate surface area is 107 Å². The molecule has 0 saturated carbocycles. The predicted molar refractivity (Wildman–Crippen MR) is 73.6 cm³/mol. The van der Waals surface area contributed by atoms with E-state index >= 15 is 0 Å². The molecule has 1 unspecified atom stereocenters. The third-order valence-electron chi connectivity index (χ3n) is 4.13. The van der Waals surface area contributed by atoms with Crippen LogP contribution in [-0.2, 0) is 6.42 Å². The maximum atomic E-state index is 6.02. The lowest BCUT2D eigenvalue weighted by molar-refractivity contribution is 0.345. The first-order valence-electron chi connectivity index (χ1n) is 6.64. The van der Waals surface area contributed by atoms with Gasteiger partial charge < -0.3 is 10.3 Å². The fourth-order valence-corrected chi connectivity index (χ4v) is 3.24. The average molecular weight is 244 g/mol. The van der Waals surface area contributed by atoms with E-state index in [1.807, 2.05) is 6.92 Å². The summed E-state index contributed by atoms with van der Waals surface area (Å²) in [6, 6.07) is 0.531. The Morgan fingerprint density at radius 1 is 1.28 bits per heavy atom. The van der Waals surface area contributed by atoms with Crippen molar-refractivity contribution in [3.63, 3.8) is 0 Å². The van der Waals surface area contributed by atoms with Gasteiger partial charge in [-0.3, -0.25) is 0 Å². The van der Waals surface area contributed by atoms with Crippen LogP contribution in [0.4, 0.5) is 5.82 Å². The van der Waals surface area contributed by atoms with Gasteiger partial charge in [-0.25, -0.2) is 9.97 Å². The van der Waals surface area contributed by atoms with Crippen LogP contribution >= 0.6 is 0 Å². The van der Waals surface area contributed by atoms with Crippen LogP contribution in [0.1, 0.15) is 43.4 Å². The molecule has 0 fully saturated rings. The monoisotopic (exact) mass is 244 g/mol. The molecule has 18 heavy (non-hydrogen) atoms. The zero-order valence-electron chi connectivity index (χ0n) is 11.5. The number of imidazole rings is 1. The summed E-state index contributed by atoms with van der Waals surface area (Å²) < 4.78 is 2.38. The number of pyridine rings is 1. The lowest BCUT2D eigenvalue weighted by Crippen LogP contribution is -2.22. The van der Waals surface area contributed by atoms with Crippen LogP contribution in [0.2, 0.25) is 0 Å². The van der Waals surface area contributed by atoms with E-state index in [0.717, 1.165) is 23.5 Å². The quantitative estimate of drug-likeness (QED) is 0.839. The smallest absolute Gasteiger partial charge is 0.151 e. The third-order valence-corrected chi connectivity index (χ3v) is 4.13. The lowest BCUT2D eigenvalue weighted by Gasteiger charge is -2.30. The molecule has 0 aliphatic carbocycles. The van der Waals surface area contributed by atoms with E-state index in [1.54, 1.807) is 0 Å². The SMILES string of the molecule is Cc1nc(N)c2nc(C)n3c2c1CCC3C(C)C. The zero-order chi connectivity index (χ0) is 13.0. The molecule has 0 bridgehead atoms. The van der Waals surface area contributed by atoms with Gasteiger partial charge in [-0.1, -0.05) is 13.8 Å². The molecule has 1 atom stereocenters. The van der Waals surface area contributed by atoms with Crippen molar-refractivity contribution in [3.8, 4) is 0 Å². The van der Waals surface area contributed by atoms with Crippen molar-refractivity contribution in [2.75, 3.05) is 5.73 Å². The number of hydrogen-bond donors (Lipinski definition) is 1. The first-order valence-corrected chi connectivity index (χ1v) is 6.64. The number of aromatic nitrogens is 3. The maximum Gasteiger partial charge on any atom is 0.151 e. The van der Waals surface area contributed by atoms with Gasteiger partial charge in [0, 0.05) is 11.7 Å². The highest BCUT2D eigenvalue weighted by molar-refractivity contribution is 5.89. The highest BCUT2D eigenvalue weighted by Crippen LogP contribution is 2.38. The molecule has 0 spiro atoms. The molecule has 96 valence electrons. The standard InChI is InChI=1S/C14H20N4/c1-7(2)11-6-5-10-8(3)16-14(15)12-13(10)18(11)9(4)17-12/h7,11H,5-6H2,1-4H3,(H2,15,16). The van der Waals surface area contributed by atoms with Crippen LogP contribution in [-0.4, -0.2) is 14.5 Å². The van der Waals surface area contributed by atoms with E-state index in [-0.39, 0.29) is 0 Å². The fraction of sp³-hybridized carbons (Fsp3) is 0.571. The number of hydrogen-bond acceptors (Lipinski definition) is 3. The lowest BCUT2D eigenvalue weighted by atomic mass is 9.91. The molecule has 1 aliphatic rings. The minimum absolute atomic E-state index is 0.531. The molecule has 0 aromatic carbocycles. The summed E-state index contributed by atoms with van der Waals surface area (Å²) in [5, 5.41) is 0. The largest absolute Gasteiger partial charge is 0.382 e. The van der Waals surface area contributed by atoms with Crippen molar-refractivity contribution in [1.29, 1.82) is 0 Å². The zero-order valence-corrected chi connectivity index (χ0v) is 11.5. The van der Waals surface area contributed by atoms with Crippen LogP contribution in [0.5, 0.6) is 0 Å². The summed E-state index contributed by atoms with van der Waals surface area (Å²) in [4.78, 5) is 9.07. The summed E-state index contributed by atoms with van der Waals surface area (Å²) in [6.07, 6.45) is 2.26. The first kappa shape index (κ1) is 11.5. The highest BCUT2D eigenvalue weighted by atomic mass is 15.1. The Hall–Kier alpha value is -1.58. The molecule has 4 nitrogen and oxygen atoms in total. The molecule has 0 saturated heterocycles. The molecule has 2 aromatic heterocycles. The van der Waals surface area contributed by atoms with Gasteiger partial charge in [0.1, 0.15) is 11.3 Å². The van der Waals surface area contributed by atoms with Crippen molar-refractivity contribution in [1.82, 2.24) is 14.5 Å². The van der Waals surface area contributed by atoms with Crippen LogP contribution in [0.25, 0.3) is 11.0 Å².